The molecule has 0 N–H and O–H groups in total. The first-order valence-corrected chi connectivity index (χ1v) is 7.54. The molecule has 0 heterocycles. The van der Waals surface area contributed by atoms with Gasteiger partial charge in [0, 0.05) is 29.6 Å². The lowest BCUT2D eigenvalue weighted by atomic mass is 10.1. The summed E-state index contributed by atoms with van der Waals surface area (Å²) in [4.78, 5) is 2.24. The van der Waals surface area contributed by atoms with Gasteiger partial charge in [-0.2, -0.15) is 0 Å². The SMILES string of the molecule is Cc1cc(N(C)Cc2ccccc2Br)ccc1CCl. The minimum atomic E-state index is 0.570. The van der Waals surface area contributed by atoms with E-state index in [4.69, 9.17) is 11.6 Å². The van der Waals surface area contributed by atoms with Crippen molar-refractivity contribution in [3.63, 3.8) is 0 Å². The van der Waals surface area contributed by atoms with Crippen molar-refractivity contribution in [1.82, 2.24) is 0 Å². The van der Waals surface area contributed by atoms with E-state index in [-0.39, 0.29) is 0 Å². The Morgan fingerprint density at radius 2 is 1.84 bits per heavy atom. The lowest BCUT2D eigenvalue weighted by Crippen LogP contribution is -2.16. The quantitative estimate of drug-likeness (QED) is 0.698. The summed E-state index contributed by atoms with van der Waals surface area (Å²) in [6, 6.07) is 14.7. The monoisotopic (exact) mass is 337 g/mol. The van der Waals surface area contributed by atoms with Crippen LogP contribution in [0.5, 0.6) is 0 Å². The summed E-state index contributed by atoms with van der Waals surface area (Å²) in [5.41, 5.74) is 4.93. The van der Waals surface area contributed by atoms with Gasteiger partial charge >= 0.3 is 0 Å². The van der Waals surface area contributed by atoms with Gasteiger partial charge in [-0.1, -0.05) is 40.2 Å². The van der Waals surface area contributed by atoms with Gasteiger partial charge in [0.2, 0.25) is 0 Å². The van der Waals surface area contributed by atoms with Crippen molar-refractivity contribution in [3.05, 3.63) is 63.6 Å². The number of nitrogens with zero attached hydrogens (tertiary/aromatic N) is 1. The van der Waals surface area contributed by atoms with Gasteiger partial charge in [0.1, 0.15) is 0 Å². The Balaban J connectivity index is 2.18. The van der Waals surface area contributed by atoms with E-state index in [0.29, 0.717) is 5.88 Å². The van der Waals surface area contributed by atoms with Crippen molar-refractivity contribution in [1.29, 1.82) is 0 Å². The first-order chi connectivity index (χ1) is 9.11. The molecule has 0 aromatic heterocycles. The number of alkyl halides is 1. The van der Waals surface area contributed by atoms with Gasteiger partial charge in [0.15, 0.2) is 0 Å². The maximum atomic E-state index is 5.89. The van der Waals surface area contributed by atoms with E-state index in [9.17, 15) is 0 Å². The van der Waals surface area contributed by atoms with E-state index in [0.717, 1.165) is 11.0 Å². The van der Waals surface area contributed by atoms with E-state index in [1.807, 2.05) is 6.07 Å². The Morgan fingerprint density at radius 3 is 2.47 bits per heavy atom. The Labute approximate surface area is 128 Å². The van der Waals surface area contributed by atoms with Crippen LogP contribution in [0.4, 0.5) is 5.69 Å². The van der Waals surface area contributed by atoms with Gasteiger partial charge < -0.3 is 4.90 Å². The second kappa shape index (κ2) is 6.44. The van der Waals surface area contributed by atoms with Crippen LogP contribution < -0.4 is 4.90 Å². The number of rotatable bonds is 4. The summed E-state index contributed by atoms with van der Waals surface area (Å²) in [7, 11) is 2.11. The summed E-state index contributed by atoms with van der Waals surface area (Å²) < 4.78 is 1.15. The Kier molecular flexibility index (Phi) is 4.89. The largest absolute Gasteiger partial charge is 0.370 e. The molecule has 2 aromatic carbocycles. The van der Waals surface area contributed by atoms with Crippen molar-refractivity contribution >= 4 is 33.2 Å². The molecule has 3 heteroatoms. The van der Waals surface area contributed by atoms with Crippen LogP contribution in [0.25, 0.3) is 0 Å². The molecule has 0 radical (unpaired) electrons. The predicted molar refractivity (Wildman–Crippen MR) is 87.0 cm³/mol. The van der Waals surface area contributed by atoms with Crippen LogP contribution >= 0.6 is 27.5 Å². The van der Waals surface area contributed by atoms with Crippen molar-refractivity contribution in [2.45, 2.75) is 19.3 Å². The van der Waals surface area contributed by atoms with E-state index >= 15 is 0 Å². The highest BCUT2D eigenvalue weighted by Crippen LogP contribution is 2.23. The molecule has 0 saturated carbocycles. The number of hydrogen-bond donors (Lipinski definition) is 0. The first-order valence-electron chi connectivity index (χ1n) is 6.22. The third-order valence-electron chi connectivity index (χ3n) is 3.28. The second-order valence-corrected chi connectivity index (χ2v) is 5.81. The fourth-order valence-electron chi connectivity index (χ4n) is 2.04. The zero-order valence-electron chi connectivity index (χ0n) is 11.2. The zero-order chi connectivity index (χ0) is 13.8. The molecule has 19 heavy (non-hydrogen) atoms. The average Bonchev–Trinajstić information content (AvgIpc) is 2.41. The van der Waals surface area contributed by atoms with Gasteiger partial charge in [0.25, 0.3) is 0 Å². The summed E-state index contributed by atoms with van der Waals surface area (Å²) >= 11 is 9.49. The van der Waals surface area contributed by atoms with E-state index in [2.05, 4.69) is 71.2 Å². The van der Waals surface area contributed by atoms with Crippen LogP contribution in [0.15, 0.2) is 46.9 Å². The Hall–Kier alpha value is -0.990. The molecule has 0 atom stereocenters. The number of aryl methyl sites for hydroxylation is 1. The molecular weight excluding hydrogens is 322 g/mol. The van der Waals surface area contributed by atoms with Gasteiger partial charge in [-0.05, 0) is 41.8 Å². The highest BCUT2D eigenvalue weighted by Gasteiger charge is 2.06. The highest BCUT2D eigenvalue weighted by atomic mass is 79.9. The topological polar surface area (TPSA) is 3.24 Å². The number of hydrogen-bond acceptors (Lipinski definition) is 1. The number of anilines is 1. The molecule has 0 amide bonds. The maximum Gasteiger partial charge on any atom is 0.0476 e. The molecule has 0 unspecified atom stereocenters. The van der Waals surface area contributed by atoms with Crippen molar-refractivity contribution in [2.75, 3.05) is 11.9 Å². The van der Waals surface area contributed by atoms with Crippen LogP contribution in [-0.4, -0.2) is 7.05 Å². The standard InChI is InChI=1S/C16H17BrClN/c1-12-9-15(8-7-13(12)10-18)19(2)11-14-5-3-4-6-16(14)17/h3-9H,10-11H2,1-2H3. The first kappa shape index (κ1) is 14.4. The molecule has 0 fully saturated rings. The van der Waals surface area contributed by atoms with Crippen LogP contribution in [0, 0.1) is 6.92 Å². The smallest absolute Gasteiger partial charge is 0.0476 e. The maximum absolute atomic E-state index is 5.89. The average molecular weight is 339 g/mol. The van der Waals surface area contributed by atoms with Crippen LogP contribution in [0.2, 0.25) is 0 Å². The molecule has 0 spiro atoms. The Morgan fingerprint density at radius 1 is 1.11 bits per heavy atom. The van der Waals surface area contributed by atoms with Gasteiger partial charge in [-0.15, -0.1) is 11.6 Å². The Bertz CT molecular complexity index is 568. The minimum Gasteiger partial charge on any atom is -0.370 e. The lowest BCUT2D eigenvalue weighted by Gasteiger charge is -2.21. The van der Waals surface area contributed by atoms with Crippen molar-refractivity contribution in [2.24, 2.45) is 0 Å². The molecule has 2 rings (SSSR count). The number of benzene rings is 2. The molecular formula is C16H17BrClN. The molecule has 0 aliphatic carbocycles. The van der Waals surface area contributed by atoms with Gasteiger partial charge in [0.05, 0.1) is 0 Å². The van der Waals surface area contributed by atoms with E-state index in [1.165, 1.54) is 22.4 Å². The number of halogens is 2. The minimum absolute atomic E-state index is 0.570. The molecule has 0 saturated heterocycles. The summed E-state index contributed by atoms with van der Waals surface area (Å²) in [5, 5.41) is 0. The highest BCUT2D eigenvalue weighted by molar-refractivity contribution is 9.10. The third kappa shape index (κ3) is 3.52. The fourth-order valence-corrected chi connectivity index (χ4v) is 2.75. The molecule has 2 aromatic rings. The second-order valence-electron chi connectivity index (χ2n) is 4.69. The van der Waals surface area contributed by atoms with Gasteiger partial charge in [-0.25, -0.2) is 0 Å². The van der Waals surface area contributed by atoms with Crippen molar-refractivity contribution < 1.29 is 0 Å². The lowest BCUT2D eigenvalue weighted by molar-refractivity contribution is 0.916. The summed E-state index contributed by atoms with van der Waals surface area (Å²) in [5.74, 6) is 0.570. The molecule has 0 bridgehead atoms. The van der Waals surface area contributed by atoms with Crippen LogP contribution in [0.3, 0.4) is 0 Å². The van der Waals surface area contributed by atoms with Crippen molar-refractivity contribution in [3.8, 4) is 0 Å². The van der Waals surface area contributed by atoms with Crippen LogP contribution in [-0.2, 0) is 12.4 Å². The predicted octanol–water partition coefficient (Wildman–Crippen LogP) is 5.13. The van der Waals surface area contributed by atoms with Gasteiger partial charge in [-0.3, -0.25) is 0 Å². The fraction of sp³-hybridized carbons (Fsp3) is 0.250. The third-order valence-corrected chi connectivity index (χ3v) is 4.34. The molecule has 100 valence electrons. The normalized spacial score (nSPS) is 10.5. The molecule has 1 nitrogen and oxygen atoms in total. The molecule has 0 aliphatic rings. The summed E-state index contributed by atoms with van der Waals surface area (Å²) in [6.45, 7) is 2.98. The summed E-state index contributed by atoms with van der Waals surface area (Å²) in [6.07, 6.45) is 0. The molecule has 0 aliphatic heterocycles. The van der Waals surface area contributed by atoms with Crippen LogP contribution in [0.1, 0.15) is 16.7 Å². The van der Waals surface area contributed by atoms with E-state index in [1.54, 1.807) is 0 Å². The van der Waals surface area contributed by atoms with E-state index < -0.39 is 0 Å². The zero-order valence-corrected chi connectivity index (χ0v) is 13.5.